The Bertz CT molecular complexity index is 946. The highest BCUT2D eigenvalue weighted by Gasteiger charge is 2.26. The molecule has 0 bridgehead atoms. The molecule has 0 radical (unpaired) electrons. The molecule has 1 aliphatic rings. The molecular weight excluding hydrogens is 376 g/mol. The summed E-state index contributed by atoms with van der Waals surface area (Å²) in [5, 5.41) is 0.700. The van der Waals surface area contributed by atoms with Crippen molar-refractivity contribution in [2.75, 3.05) is 27.3 Å². The highest BCUT2D eigenvalue weighted by Crippen LogP contribution is 2.31. The molecular formula is C21H22N2O4S. The molecule has 2 heterocycles. The van der Waals surface area contributed by atoms with Gasteiger partial charge in [0, 0.05) is 31.5 Å². The molecule has 6 nitrogen and oxygen atoms in total. The van der Waals surface area contributed by atoms with Gasteiger partial charge in [0.25, 0.3) is 11.1 Å². The molecule has 0 unspecified atom stereocenters. The number of rotatable bonds is 5. The first kappa shape index (κ1) is 18.6. The van der Waals surface area contributed by atoms with Crippen molar-refractivity contribution in [3.8, 4) is 16.7 Å². The van der Waals surface area contributed by atoms with Crippen LogP contribution in [0.5, 0.6) is 16.7 Å². The highest BCUT2D eigenvalue weighted by molar-refractivity contribution is 7.20. The van der Waals surface area contributed by atoms with E-state index in [1.165, 1.54) is 0 Å². The van der Waals surface area contributed by atoms with Gasteiger partial charge in [0.15, 0.2) is 11.5 Å². The van der Waals surface area contributed by atoms with Gasteiger partial charge in [-0.25, -0.2) is 4.98 Å². The number of methoxy groups -OCH3 is 2. The number of amides is 1. The van der Waals surface area contributed by atoms with E-state index in [0.717, 1.165) is 23.1 Å². The Morgan fingerprint density at radius 1 is 1.07 bits per heavy atom. The van der Waals surface area contributed by atoms with Crippen LogP contribution < -0.4 is 14.2 Å². The third-order valence-corrected chi connectivity index (χ3v) is 5.83. The number of likely N-dealkylation sites (tertiary alicyclic amines) is 1. The van der Waals surface area contributed by atoms with Crippen molar-refractivity contribution < 1.29 is 19.0 Å². The lowest BCUT2D eigenvalue weighted by molar-refractivity contribution is 0.0595. The molecule has 2 aromatic carbocycles. The first-order valence-electron chi connectivity index (χ1n) is 9.21. The first-order valence-corrected chi connectivity index (χ1v) is 10.0. The minimum absolute atomic E-state index is 0.000565. The Morgan fingerprint density at radius 3 is 2.54 bits per heavy atom. The fourth-order valence-corrected chi connectivity index (χ4v) is 4.25. The van der Waals surface area contributed by atoms with Gasteiger partial charge < -0.3 is 19.1 Å². The molecule has 28 heavy (non-hydrogen) atoms. The molecule has 0 aliphatic carbocycles. The third kappa shape index (κ3) is 3.75. The molecule has 4 rings (SSSR count). The summed E-state index contributed by atoms with van der Waals surface area (Å²) in [5.41, 5.74) is 1.56. The Kier molecular flexibility index (Phi) is 5.34. The van der Waals surface area contributed by atoms with E-state index >= 15 is 0 Å². The Hall–Kier alpha value is -2.80. The summed E-state index contributed by atoms with van der Waals surface area (Å²) in [6, 6.07) is 13.3. The Labute approximate surface area is 167 Å². The first-order chi connectivity index (χ1) is 13.7. The molecule has 3 aromatic rings. The average Bonchev–Trinajstić information content (AvgIpc) is 3.15. The van der Waals surface area contributed by atoms with Crippen LogP contribution in [0.2, 0.25) is 0 Å². The number of nitrogens with zero attached hydrogens (tertiary/aromatic N) is 2. The summed E-state index contributed by atoms with van der Waals surface area (Å²) >= 11 is 1.56. The van der Waals surface area contributed by atoms with E-state index in [0.29, 0.717) is 35.3 Å². The van der Waals surface area contributed by atoms with Gasteiger partial charge in [-0.05, 0) is 30.3 Å². The van der Waals surface area contributed by atoms with Crippen molar-refractivity contribution in [2.24, 2.45) is 0 Å². The van der Waals surface area contributed by atoms with Crippen LogP contribution in [0, 0.1) is 0 Å². The van der Waals surface area contributed by atoms with Crippen LogP contribution in [0.3, 0.4) is 0 Å². The van der Waals surface area contributed by atoms with Crippen LogP contribution in [0.15, 0.2) is 42.5 Å². The van der Waals surface area contributed by atoms with Crippen LogP contribution >= 0.6 is 11.3 Å². The number of benzene rings is 2. The number of hydrogen-bond acceptors (Lipinski definition) is 6. The van der Waals surface area contributed by atoms with Crippen LogP contribution in [0.4, 0.5) is 0 Å². The van der Waals surface area contributed by atoms with Crippen molar-refractivity contribution in [1.82, 2.24) is 9.88 Å². The van der Waals surface area contributed by atoms with Gasteiger partial charge in [-0.2, -0.15) is 0 Å². The number of fused-ring (bicyclic) bond motifs is 1. The topological polar surface area (TPSA) is 60.9 Å². The lowest BCUT2D eigenvalue weighted by atomic mass is 10.1. The number of ether oxygens (including phenoxy) is 3. The predicted octanol–water partition coefficient (Wildman–Crippen LogP) is 4.00. The van der Waals surface area contributed by atoms with E-state index in [1.807, 2.05) is 29.2 Å². The molecule has 0 N–H and O–H groups in total. The second-order valence-corrected chi connectivity index (χ2v) is 7.62. The van der Waals surface area contributed by atoms with Crippen LogP contribution in [-0.4, -0.2) is 49.2 Å². The normalized spacial score (nSPS) is 14.9. The second-order valence-electron chi connectivity index (χ2n) is 6.63. The maximum Gasteiger partial charge on any atom is 0.274 e. The molecule has 1 amide bonds. The SMILES string of the molecule is COc1ccc(C(=O)N2CCC(Oc3nc4ccccc4s3)CC2)cc1OC. The summed E-state index contributed by atoms with van der Waals surface area (Å²) < 4.78 is 17.7. The third-order valence-electron chi connectivity index (χ3n) is 4.90. The molecule has 146 valence electrons. The van der Waals surface area contributed by atoms with Crippen molar-refractivity contribution in [3.05, 3.63) is 48.0 Å². The molecule has 1 aliphatic heterocycles. The smallest absolute Gasteiger partial charge is 0.274 e. The molecule has 1 fully saturated rings. The standard InChI is InChI=1S/C21H22N2O4S/c1-25-17-8-7-14(13-18(17)26-2)20(24)23-11-9-15(10-12-23)27-21-22-16-5-3-4-6-19(16)28-21/h3-8,13,15H,9-12H2,1-2H3. The zero-order chi connectivity index (χ0) is 19.5. The zero-order valence-corrected chi connectivity index (χ0v) is 16.7. The van der Waals surface area contributed by atoms with E-state index in [9.17, 15) is 4.79 Å². The molecule has 0 saturated carbocycles. The summed E-state index contributed by atoms with van der Waals surface area (Å²) in [6.07, 6.45) is 1.65. The van der Waals surface area contributed by atoms with Crippen molar-refractivity contribution in [2.45, 2.75) is 18.9 Å². The molecule has 0 spiro atoms. The van der Waals surface area contributed by atoms with Gasteiger partial charge >= 0.3 is 0 Å². The zero-order valence-electron chi connectivity index (χ0n) is 15.9. The number of piperidine rings is 1. The number of thiazole rings is 1. The summed E-state index contributed by atoms with van der Waals surface area (Å²) in [6.45, 7) is 1.31. The molecule has 7 heteroatoms. The quantitative estimate of drug-likeness (QED) is 0.650. The van der Waals surface area contributed by atoms with Crippen LogP contribution in [0.1, 0.15) is 23.2 Å². The van der Waals surface area contributed by atoms with Gasteiger partial charge in [-0.15, -0.1) is 0 Å². The maximum absolute atomic E-state index is 12.8. The van der Waals surface area contributed by atoms with Crippen molar-refractivity contribution in [1.29, 1.82) is 0 Å². The van der Waals surface area contributed by atoms with E-state index < -0.39 is 0 Å². The predicted molar refractivity (Wildman–Crippen MR) is 109 cm³/mol. The van der Waals surface area contributed by atoms with Crippen molar-refractivity contribution >= 4 is 27.5 Å². The number of carbonyl (C=O) groups excluding carboxylic acids is 1. The second kappa shape index (κ2) is 8.06. The summed E-state index contributed by atoms with van der Waals surface area (Å²) in [5.74, 6) is 1.17. The lowest BCUT2D eigenvalue weighted by Crippen LogP contribution is -2.41. The van der Waals surface area contributed by atoms with Crippen LogP contribution in [0.25, 0.3) is 10.2 Å². The van der Waals surface area contributed by atoms with E-state index in [4.69, 9.17) is 14.2 Å². The summed E-state index contributed by atoms with van der Waals surface area (Å²) in [7, 11) is 3.15. The number of para-hydroxylation sites is 1. The Balaban J connectivity index is 1.37. The lowest BCUT2D eigenvalue weighted by Gasteiger charge is -2.31. The van der Waals surface area contributed by atoms with Crippen molar-refractivity contribution in [3.63, 3.8) is 0 Å². The largest absolute Gasteiger partial charge is 0.493 e. The van der Waals surface area contributed by atoms with E-state index in [-0.39, 0.29) is 12.0 Å². The highest BCUT2D eigenvalue weighted by atomic mass is 32.1. The minimum Gasteiger partial charge on any atom is -0.493 e. The maximum atomic E-state index is 12.8. The fraction of sp³-hybridized carbons (Fsp3) is 0.333. The molecule has 1 saturated heterocycles. The molecule has 0 atom stereocenters. The fourth-order valence-electron chi connectivity index (χ4n) is 3.37. The number of aromatic nitrogens is 1. The monoisotopic (exact) mass is 398 g/mol. The Morgan fingerprint density at radius 2 is 1.82 bits per heavy atom. The summed E-state index contributed by atoms with van der Waals surface area (Å²) in [4.78, 5) is 19.2. The number of hydrogen-bond donors (Lipinski definition) is 0. The minimum atomic E-state index is -0.000565. The molecule has 1 aromatic heterocycles. The number of carbonyl (C=O) groups is 1. The van der Waals surface area contributed by atoms with Gasteiger partial charge in [0.1, 0.15) is 6.10 Å². The van der Waals surface area contributed by atoms with Crippen LogP contribution in [-0.2, 0) is 0 Å². The van der Waals surface area contributed by atoms with Gasteiger partial charge in [0.2, 0.25) is 0 Å². The van der Waals surface area contributed by atoms with Gasteiger partial charge in [0.05, 0.1) is 24.4 Å². The van der Waals surface area contributed by atoms with E-state index in [2.05, 4.69) is 4.98 Å². The van der Waals surface area contributed by atoms with E-state index in [1.54, 1.807) is 43.8 Å². The van der Waals surface area contributed by atoms with Gasteiger partial charge in [-0.3, -0.25) is 4.79 Å². The van der Waals surface area contributed by atoms with Gasteiger partial charge in [-0.1, -0.05) is 23.5 Å². The average molecular weight is 398 g/mol.